The van der Waals surface area contributed by atoms with Crippen molar-refractivity contribution >= 4 is 40.0 Å². The number of nitrogens with one attached hydrogen (secondary N) is 1. The molecule has 1 amide bonds. The van der Waals surface area contributed by atoms with E-state index in [1.54, 1.807) is 24.4 Å². The number of rotatable bonds is 4. The van der Waals surface area contributed by atoms with Crippen molar-refractivity contribution in [3.8, 4) is 11.3 Å². The number of carbonyl (C=O) groups is 2. The number of furan rings is 1. The van der Waals surface area contributed by atoms with Crippen molar-refractivity contribution in [2.75, 3.05) is 12.4 Å². The Morgan fingerprint density at radius 3 is 2.69 bits per heavy atom. The van der Waals surface area contributed by atoms with Crippen LogP contribution >= 0.6 is 11.3 Å². The Bertz CT molecular complexity index is 1250. The van der Waals surface area contributed by atoms with Crippen molar-refractivity contribution < 1.29 is 23.3 Å². The summed E-state index contributed by atoms with van der Waals surface area (Å²) in [5, 5.41) is 8.94. The van der Waals surface area contributed by atoms with Crippen LogP contribution in [0.5, 0.6) is 0 Å². The molecule has 29 heavy (non-hydrogen) atoms. The van der Waals surface area contributed by atoms with Gasteiger partial charge in [0.2, 0.25) is 0 Å². The van der Waals surface area contributed by atoms with E-state index >= 15 is 0 Å². The summed E-state index contributed by atoms with van der Waals surface area (Å²) < 4.78 is 15.7. The lowest BCUT2D eigenvalue weighted by molar-refractivity contribution is 0.0607. The molecule has 4 aromatic rings. The van der Waals surface area contributed by atoms with Gasteiger partial charge in [-0.3, -0.25) is 4.79 Å². The number of pyridine rings is 1. The van der Waals surface area contributed by atoms with Crippen LogP contribution in [-0.4, -0.2) is 29.1 Å². The Hall–Kier alpha value is -3.46. The number of methoxy groups -OCH3 is 1. The van der Waals surface area contributed by atoms with E-state index in [-0.39, 0.29) is 5.71 Å². The number of carbonyl (C=O) groups excluding carboxylic acids is 2. The van der Waals surface area contributed by atoms with Gasteiger partial charge in [-0.15, -0.1) is 11.3 Å². The molecule has 4 aromatic heterocycles. The minimum Gasteiger partial charge on any atom is -0.466 e. The molecule has 0 aliphatic rings. The number of esters is 1. The largest absolute Gasteiger partial charge is 0.466 e. The van der Waals surface area contributed by atoms with Gasteiger partial charge in [-0.05, 0) is 44.4 Å². The standard InChI is InChI=1S/C20H17N3O5S/c1-9-7-12(11(3)27-9)15-8-13(16-10(2)23-28-19(16)22-15)18(24)21-14-5-6-29-17(14)20(25)26-4/h5-8H,1-4H3,(H,21,24). The number of ether oxygens (including phenoxy) is 1. The zero-order valence-corrected chi connectivity index (χ0v) is 17.0. The summed E-state index contributed by atoms with van der Waals surface area (Å²) in [7, 11) is 1.29. The second-order valence-corrected chi connectivity index (χ2v) is 7.36. The molecular formula is C20H17N3O5S. The highest BCUT2D eigenvalue weighted by Crippen LogP contribution is 2.31. The van der Waals surface area contributed by atoms with Crippen LogP contribution in [0.4, 0.5) is 5.69 Å². The molecule has 0 aliphatic carbocycles. The number of aryl methyl sites for hydroxylation is 3. The maximum atomic E-state index is 13.1. The van der Waals surface area contributed by atoms with E-state index in [0.29, 0.717) is 38.7 Å². The Morgan fingerprint density at radius 1 is 1.21 bits per heavy atom. The third kappa shape index (κ3) is 3.29. The fourth-order valence-corrected chi connectivity index (χ4v) is 3.91. The number of hydrogen-bond donors (Lipinski definition) is 1. The molecule has 0 atom stereocenters. The van der Waals surface area contributed by atoms with Gasteiger partial charge < -0.3 is 19.0 Å². The number of fused-ring (bicyclic) bond motifs is 1. The first kappa shape index (κ1) is 18.9. The topological polar surface area (TPSA) is 107 Å². The first-order valence-electron chi connectivity index (χ1n) is 8.70. The Labute approximate surface area is 169 Å². The van der Waals surface area contributed by atoms with Crippen molar-refractivity contribution in [1.29, 1.82) is 0 Å². The lowest BCUT2D eigenvalue weighted by atomic mass is 10.1. The zero-order valence-electron chi connectivity index (χ0n) is 16.2. The first-order valence-corrected chi connectivity index (χ1v) is 9.58. The van der Waals surface area contributed by atoms with Crippen LogP contribution in [0.25, 0.3) is 22.4 Å². The summed E-state index contributed by atoms with van der Waals surface area (Å²) in [6.07, 6.45) is 0. The Morgan fingerprint density at radius 2 is 2.00 bits per heavy atom. The Kier molecular flexibility index (Phi) is 4.67. The smallest absolute Gasteiger partial charge is 0.350 e. The number of hydrogen-bond acceptors (Lipinski definition) is 8. The van der Waals surface area contributed by atoms with Gasteiger partial charge in [0.05, 0.1) is 35.1 Å². The predicted octanol–water partition coefficient (Wildman–Crippen LogP) is 4.51. The minimum absolute atomic E-state index is 0.252. The maximum Gasteiger partial charge on any atom is 0.350 e. The fraction of sp³-hybridized carbons (Fsp3) is 0.200. The normalized spacial score (nSPS) is 11.0. The minimum atomic E-state index is -0.512. The molecule has 0 saturated heterocycles. The quantitative estimate of drug-likeness (QED) is 0.492. The lowest BCUT2D eigenvalue weighted by Gasteiger charge is -2.08. The summed E-state index contributed by atoms with van der Waals surface area (Å²) in [6.45, 7) is 5.40. The van der Waals surface area contributed by atoms with Crippen LogP contribution in [0.2, 0.25) is 0 Å². The van der Waals surface area contributed by atoms with Gasteiger partial charge in [0, 0.05) is 5.56 Å². The van der Waals surface area contributed by atoms with E-state index in [0.717, 1.165) is 11.3 Å². The van der Waals surface area contributed by atoms with Gasteiger partial charge in [0.1, 0.15) is 16.4 Å². The molecule has 0 saturated carbocycles. The summed E-state index contributed by atoms with van der Waals surface area (Å²) in [5.74, 6) is 0.496. The van der Waals surface area contributed by atoms with Crippen LogP contribution < -0.4 is 5.32 Å². The van der Waals surface area contributed by atoms with Crippen LogP contribution in [0, 0.1) is 20.8 Å². The highest BCUT2D eigenvalue weighted by atomic mass is 32.1. The average Bonchev–Trinajstić information content (AvgIpc) is 3.39. The van der Waals surface area contributed by atoms with Crippen molar-refractivity contribution in [2.24, 2.45) is 0 Å². The summed E-state index contributed by atoms with van der Waals surface area (Å²) in [5.41, 5.74) is 2.81. The van der Waals surface area contributed by atoms with E-state index in [4.69, 9.17) is 13.7 Å². The molecule has 9 heteroatoms. The van der Waals surface area contributed by atoms with E-state index in [1.807, 2.05) is 19.9 Å². The summed E-state index contributed by atoms with van der Waals surface area (Å²) >= 11 is 1.19. The number of aromatic nitrogens is 2. The zero-order chi connectivity index (χ0) is 20.7. The summed E-state index contributed by atoms with van der Waals surface area (Å²) in [4.78, 5) is 29.9. The molecular weight excluding hydrogens is 394 g/mol. The number of amides is 1. The van der Waals surface area contributed by atoms with E-state index < -0.39 is 11.9 Å². The molecule has 0 aromatic carbocycles. The number of nitrogens with zero attached hydrogens (tertiary/aromatic N) is 2. The first-order chi connectivity index (χ1) is 13.9. The molecule has 4 heterocycles. The van der Waals surface area contributed by atoms with Gasteiger partial charge in [-0.1, -0.05) is 5.16 Å². The van der Waals surface area contributed by atoms with Crippen molar-refractivity contribution in [3.63, 3.8) is 0 Å². The molecule has 0 bridgehead atoms. The third-order valence-electron chi connectivity index (χ3n) is 4.46. The van der Waals surface area contributed by atoms with E-state index in [2.05, 4.69) is 15.5 Å². The highest BCUT2D eigenvalue weighted by Gasteiger charge is 2.23. The SMILES string of the molecule is COC(=O)c1sccc1NC(=O)c1cc(-c2cc(C)oc2C)nc2onc(C)c12. The second-order valence-electron chi connectivity index (χ2n) is 6.44. The molecule has 0 radical (unpaired) electrons. The molecule has 4 rings (SSSR count). The van der Waals surface area contributed by atoms with Crippen molar-refractivity contribution in [3.05, 3.63) is 51.2 Å². The molecule has 0 unspecified atom stereocenters. The molecule has 0 spiro atoms. The monoisotopic (exact) mass is 411 g/mol. The van der Waals surface area contributed by atoms with Gasteiger partial charge in [0.15, 0.2) is 0 Å². The number of anilines is 1. The second kappa shape index (κ2) is 7.17. The fourth-order valence-electron chi connectivity index (χ4n) is 3.15. The van der Waals surface area contributed by atoms with Crippen molar-refractivity contribution in [2.45, 2.75) is 20.8 Å². The van der Waals surface area contributed by atoms with Gasteiger partial charge >= 0.3 is 5.97 Å². The van der Waals surface area contributed by atoms with Crippen LogP contribution in [0.3, 0.4) is 0 Å². The van der Waals surface area contributed by atoms with E-state index in [9.17, 15) is 9.59 Å². The van der Waals surface area contributed by atoms with Gasteiger partial charge in [-0.25, -0.2) is 9.78 Å². The van der Waals surface area contributed by atoms with Crippen LogP contribution in [0.15, 0.2) is 32.5 Å². The Balaban J connectivity index is 1.81. The lowest BCUT2D eigenvalue weighted by Crippen LogP contribution is -2.15. The van der Waals surface area contributed by atoms with Crippen LogP contribution in [0.1, 0.15) is 37.2 Å². The van der Waals surface area contributed by atoms with Crippen molar-refractivity contribution in [1.82, 2.24) is 10.1 Å². The number of thiophene rings is 1. The maximum absolute atomic E-state index is 13.1. The summed E-state index contributed by atoms with van der Waals surface area (Å²) in [6, 6.07) is 5.17. The van der Waals surface area contributed by atoms with Crippen LogP contribution in [-0.2, 0) is 4.74 Å². The average molecular weight is 411 g/mol. The van der Waals surface area contributed by atoms with Gasteiger partial charge in [0.25, 0.3) is 11.6 Å². The highest BCUT2D eigenvalue weighted by molar-refractivity contribution is 7.12. The molecule has 0 aliphatic heterocycles. The third-order valence-corrected chi connectivity index (χ3v) is 5.36. The van der Waals surface area contributed by atoms with E-state index in [1.165, 1.54) is 18.4 Å². The molecule has 8 nitrogen and oxygen atoms in total. The van der Waals surface area contributed by atoms with Gasteiger partial charge in [-0.2, -0.15) is 0 Å². The predicted molar refractivity (Wildman–Crippen MR) is 107 cm³/mol. The molecule has 0 fully saturated rings. The molecule has 1 N–H and O–H groups in total. The molecule has 148 valence electrons.